The van der Waals surface area contributed by atoms with E-state index in [4.69, 9.17) is 0 Å². The van der Waals surface area contributed by atoms with Crippen molar-refractivity contribution in [3.05, 3.63) is 36.0 Å². The number of hydrogen-bond donors (Lipinski definition) is 3. The molecule has 2 atom stereocenters. The molecule has 0 bridgehead atoms. The molecule has 2 unspecified atom stereocenters. The second-order valence-electron chi connectivity index (χ2n) is 5.27. The van der Waals surface area contributed by atoms with Crippen molar-refractivity contribution in [1.29, 1.82) is 0 Å². The Morgan fingerprint density at radius 2 is 2.15 bits per heavy atom. The van der Waals surface area contributed by atoms with Gasteiger partial charge in [0.05, 0.1) is 6.54 Å². The molecule has 5 heteroatoms. The molecule has 1 aliphatic rings. The van der Waals surface area contributed by atoms with Crippen LogP contribution >= 0.6 is 24.0 Å². The zero-order chi connectivity index (χ0) is 13.2. The number of aromatic nitrogens is 1. The van der Waals surface area contributed by atoms with Crippen LogP contribution in [0.3, 0.4) is 0 Å². The van der Waals surface area contributed by atoms with Gasteiger partial charge in [0.15, 0.2) is 5.96 Å². The predicted octanol–water partition coefficient (Wildman–Crippen LogP) is 2.86. The molecule has 0 saturated heterocycles. The summed E-state index contributed by atoms with van der Waals surface area (Å²) >= 11 is 0. The Bertz CT molecular complexity index is 572. The van der Waals surface area contributed by atoms with Crippen molar-refractivity contribution in [2.45, 2.75) is 25.9 Å². The van der Waals surface area contributed by atoms with Crippen LogP contribution in [-0.2, 0) is 6.54 Å². The zero-order valence-electron chi connectivity index (χ0n) is 11.8. The van der Waals surface area contributed by atoms with Gasteiger partial charge in [0.25, 0.3) is 0 Å². The van der Waals surface area contributed by atoms with Gasteiger partial charge in [0, 0.05) is 24.3 Å². The molecule has 0 amide bonds. The van der Waals surface area contributed by atoms with Crippen molar-refractivity contribution in [2.75, 3.05) is 7.05 Å². The monoisotopic (exact) mass is 384 g/mol. The Morgan fingerprint density at radius 3 is 2.80 bits per heavy atom. The first-order valence-corrected chi connectivity index (χ1v) is 6.80. The van der Waals surface area contributed by atoms with Crippen molar-refractivity contribution >= 4 is 40.8 Å². The maximum absolute atomic E-state index is 4.25. The molecule has 1 aromatic carbocycles. The second-order valence-corrected chi connectivity index (χ2v) is 5.27. The van der Waals surface area contributed by atoms with E-state index in [0.717, 1.165) is 18.4 Å². The van der Waals surface area contributed by atoms with Crippen LogP contribution < -0.4 is 10.6 Å². The van der Waals surface area contributed by atoms with E-state index in [0.29, 0.717) is 6.04 Å². The van der Waals surface area contributed by atoms with Gasteiger partial charge in [-0.15, -0.1) is 24.0 Å². The van der Waals surface area contributed by atoms with E-state index < -0.39 is 0 Å². The number of fused-ring (bicyclic) bond motifs is 1. The van der Waals surface area contributed by atoms with Gasteiger partial charge in [-0.2, -0.15) is 0 Å². The number of nitrogens with one attached hydrogen (secondary N) is 3. The molecule has 20 heavy (non-hydrogen) atoms. The van der Waals surface area contributed by atoms with Gasteiger partial charge in [-0.3, -0.25) is 4.99 Å². The minimum absolute atomic E-state index is 0. The number of aliphatic imine (C=N–C) groups is 1. The summed E-state index contributed by atoms with van der Waals surface area (Å²) in [5.74, 6) is 1.65. The highest BCUT2D eigenvalue weighted by Crippen LogP contribution is 2.28. The lowest BCUT2D eigenvalue weighted by molar-refractivity contribution is 0.759. The van der Waals surface area contributed by atoms with Gasteiger partial charge >= 0.3 is 0 Å². The highest BCUT2D eigenvalue weighted by molar-refractivity contribution is 14.0. The number of rotatable bonds is 3. The predicted molar refractivity (Wildman–Crippen MR) is 94.6 cm³/mol. The summed E-state index contributed by atoms with van der Waals surface area (Å²) < 4.78 is 0. The fourth-order valence-electron chi connectivity index (χ4n) is 2.30. The third-order valence-corrected chi connectivity index (χ3v) is 3.69. The number of halogens is 1. The van der Waals surface area contributed by atoms with Gasteiger partial charge in [-0.05, 0) is 29.9 Å². The maximum Gasteiger partial charge on any atom is 0.191 e. The minimum Gasteiger partial charge on any atom is -0.357 e. The number of guanidine groups is 1. The summed E-state index contributed by atoms with van der Waals surface area (Å²) in [6.45, 7) is 3.01. The fourth-order valence-corrected chi connectivity index (χ4v) is 2.30. The lowest BCUT2D eigenvalue weighted by Gasteiger charge is -2.10. The molecular weight excluding hydrogens is 363 g/mol. The van der Waals surface area contributed by atoms with E-state index in [1.54, 1.807) is 0 Å². The summed E-state index contributed by atoms with van der Waals surface area (Å²) in [6, 6.07) is 11.1. The van der Waals surface area contributed by atoms with Crippen LogP contribution in [0.25, 0.3) is 10.9 Å². The van der Waals surface area contributed by atoms with Gasteiger partial charge in [-0.25, -0.2) is 0 Å². The molecule has 3 N–H and O–H groups in total. The van der Waals surface area contributed by atoms with Gasteiger partial charge in [0.1, 0.15) is 0 Å². The van der Waals surface area contributed by atoms with Gasteiger partial charge in [-0.1, -0.05) is 25.1 Å². The van der Waals surface area contributed by atoms with Crippen LogP contribution in [0, 0.1) is 5.92 Å². The molecule has 108 valence electrons. The molecule has 3 rings (SSSR count). The smallest absolute Gasteiger partial charge is 0.191 e. The number of nitrogens with zero attached hydrogens (tertiary/aromatic N) is 1. The zero-order valence-corrected chi connectivity index (χ0v) is 14.1. The molecule has 1 heterocycles. The first-order valence-electron chi connectivity index (χ1n) is 6.80. The van der Waals surface area contributed by atoms with Crippen LogP contribution in [0.5, 0.6) is 0 Å². The molecule has 1 saturated carbocycles. The molecule has 0 radical (unpaired) electrons. The van der Waals surface area contributed by atoms with E-state index >= 15 is 0 Å². The average molecular weight is 384 g/mol. The van der Waals surface area contributed by atoms with Crippen molar-refractivity contribution in [3.8, 4) is 0 Å². The van der Waals surface area contributed by atoms with Gasteiger partial charge < -0.3 is 15.6 Å². The molecule has 1 fully saturated rings. The summed E-state index contributed by atoms with van der Waals surface area (Å²) in [5, 5.41) is 8.01. The standard InChI is InChI=1S/C15H20N4.HI/c1-10-7-14(10)19-15(16-2)17-9-12-8-11-5-3-4-6-13(11)18-12;/h3-6,8,10,14,18H,7,9H2,1-2H3,(H2,16,17,19);1H. The van der Waals surface area contributed by atoms with E-state index in [-0.39, 0.29) is 24.0 Å². The fraction of sp³-hybridized carbons (Fsp3) is 0.400. The van der Waals surface area contributed by atoms with Crippen LogP contribution in [0.15, 0.2) is 35.3 Å². The van der Waals surface area contributed by atoms with Crippen molar-refractivity contribution in [2.24, 2.45) is 10.9 Å². The van der Waals surface area contributed by atoms with E-state index in [1.165, 1.54) is 23.0 Å². The van der Waals surface area contributed by atoms with Crippen molar-refractivity contribution < 1.29 is 0 Å². The van der Waals surface area contributed by atoms with E-state index in [2.05, 4.69) is 51.8 Å². The van der Waals surface area contributed by atoms with Crippen LogP contribution in [-0.4, -0.2) is 24.0 Å². The Labute approximate surface area is 136 Å². The molecule has 1 aliphatic carbocycles. The summed E-state index contributed by atoms with van der Waals surface area (Å²) in [7, 11) is 1.81. The van der Waals surface area contributed by atoms with Crippen LogP contribution in [0.1, 0.15) is 19.0 Å². The molecule has 2 aromatic rings. The maximum atomic E-state index is 4.25. The Hall–Kier alpha value is -1.24. The van der Waals surface area contributed by atoms with E-state index in [1.807, 2.05) is 13.1 Å². The summed E-state index contributed by atoms with van der Waals surface area (Å²) in [4.78, 5) is 7.66. The number of H-pyrrole nitrogens is 1. The lowest BCUT2D eigenvalue weighted by atomic mass is 10.2. The van der Waals surface area contributed by atoms with Gasteiger partial charge in [0.2, 0.25) is 0 Å². The Kier molecular flexibility index (Phi) is 4.91. The minimum atomic E-state index is 0. The lowest BCUT2D eigenvalue weighted by Crippen LogP contribution is -2.38. The summed E-state index contributed by atoms with van der Waals surface area (Å²) in [6.07, 6.45) is 1.24. The number of para-hydroxylation sites is 1. The first-order chi connectivity index (χ1) is 9.26. The summed E-state index contributed by atoms with van der Waals surface area (Å²) in [5.41, 5.74) is 2.35. The topological polar surface area (TPSA) is 52.2 Å². The Morgan fingerprint density at radius 1 is 1.40 bits per heavy atom. The number of hydrogen-bond acceptors (Lipinski definition) is 1. The van der Waals surface area contributed by atoms with Crippen molar-refractivity contribution in [3.63, 3.8) is 0 Å². The normalized spacial score (nSPS) is 21.4. The molecule has 0 aliphatic heterocycles. The number of aromatic amines is 1. The molecule has 0 spiro atoms. The van der Waals surface area contributed by atoms with Crippen LogP contribution in [0.2, 0.25) is 0 Å². The third kappa shape index (κ3) is 3.45. The quantitative estimate of drug-likeness (QED) is 0.433. The first kappa shape index (κ1) is 15.2. The third-order valence-electron chi connectivity index (χ3n) is 3.69. The van der Waals surface area contributed by atoms with Crippen molar-refractivity contribution in [1.82, 2.24) is 15.6 Å². The largest absolute Gasteiger partial charge is 0.357 e. The molecule has 1 aromatic heterocycles. The van der Waals surface area contributed by atoms with E-state index in [9.17, 15) is 0 Å². The number of benzene rings is 1. The highest BCUT2D eigenvalue weighted by atomic mass is 127. The SMILES string of the molecule is CN=C(NCc1cc2ccccc2[nH]1)NC1CC1C.I. The molecular formula is C15H21IN4. The second kappa shape index (κ2) is 6.47. The Balaban J connectivity index is 0.00000147. The highest BCUT2D eigenvalue weighted by Gasteiger charge is 2.33. The average Bonchev–Trinajstić information content (AvgIpc) is 2.96. The van der Waals surface area contributed by atoms with Crippen LogP contribution in [0.4, 0.5) is 0 Å². The molecule has 4 nitrogen and oxygen atoms in total.